The molecule has 1 N–H and O–H groups in total. The quantitative estimate of drug-likeness (QED) is 0.752. The van der Waals surface area contributed by atoms with Crippen molar-refractivity contribution in [2.24, 2.45) is 0 Å². The van der Waals surface area contributed by atoms with Crippen LogP contribution in [0.2, 0.25) is 0 Å². The van der Waals surface area contributed by atoms with E-state index in [1.807, 2.05) is 18.3 Å². The monoisotopic (exact) mass is 367 g/mol. The van der Waals surface area contributed by atoms with Crippen LogP contribution in [0.4, 0.5) is 15.9 Å². The highest BCUT2D eigenvalue weighted by molar-refractivity contribution is 5.94. The Labute approximate surface area is 157 Å². The van der Waals surface area contributed by atoms with Gasteiger partial charge in [0.1, 0.15) is 17.3 Å². The molecule has 0 aliphatic carbocycles. The molecule has 0 saturated heterocycles. The average Bonchev–Trinajstić information content (AvgIpc) is 3.04. The van der Waals surface area contributed by atoms with E-state index in [0.29, 0.717) is 30.7 Å². The lowest BCUT2D eigenvalue weighted by Crippen LogP contribution is -2.25. The highest BCUT2D eigenvalue weighted by Gasteiger charge is 2.16. The fourth-order valence-electron chi connectivity index (χ4n) is 3.51. The second kappa shape index (κ2) is 7.34. The Morgan fingerprint density at radius 3 is 2.96 bits per heavy atom. The van der Waals surface area contributed by atoms with Crippen LogP contribution in [0.3, 0.4) is 0 Å². The van der Waals surface area contributed by atoms with Gasteiger partial charge in [-0.15, -0.1) is 0 Å². The molecule has 1 aliphatic heterocycles. The number of fused-ring (bicyclic) bond motifs is 2. The fraction of sp³-hybridized carbons (Fsp3) is 0.350. The molecule has 0 radical (unpaired) electrons. The molecule has 0 saturated carbocycles. The molecule has 0 unspecified atom stereocenters. The van der Waals surface area contributed by atoms with E-state index in [1.54, 1.807) is 16.8 Å². The lowest BCUT2D eigenvalue weighted by atomic mass is 10.0. The first-order valence-electron chi connectivity index (χ1n) is 9.30. The van der Waals surface area contributed by atoms with Crippen molar-refractivity contribution >= 4 is 23.1 Å². The molecular formula is C20H22FN5O. The third-order valence-corrected chi connectivity index (χ3v) is 4.83. The molecule has 6 nitrogen and oxygen atoms in total. The molecule has 0 fully saturated rings. The van der Waals surface area contributed by atoms with Gasteiger partial charge in [0, 0.05) is 25.7 Å². The summed E-state index contributed by atoms with van der Waals surface area (Å²) < 4.78 is 15.6. The maximum Gasteiger partial charge on any atom is 0.224 e. The zero-order chi connectivity index (χ0) is 18.8. The number of nitrogens with zero attached hydrogens (tertiary/aromatic N) is 4. The van der Waals surface area contributed by atoms with E-state index in [-0.39, 0.29) is 11.7 Å². The van der Waals surface area contributed by atoms with Gasteiger partial charge in [0.25, 0.3) is 0 Å². The molecule has 2 aromatic heterocycles. The van der Waals surface area contributed by atoms with E-state index >= 15 is 0 Å². The van der Waals surface area contributed by atoms with Gasteiger partial charge < -0.3 is 10.2 Å². The van der Waals surface area contributed by atoms with Crippen molar-refractivity contribution < 1.29 is 9.18 Å². The lowest BCUT2D eigenvalue weighted by molar-refractivity contribution is -0.116. The van der Waals surface area contributed by atoms with Crippen molar-refractivity contribution in [2.75, 3.05) is 16.8 Å². The van der Waals surface area contributed by atoms with Crippen molar-refractivity contribution in [1.29, 1.82) is 0 Å². The van der Waals surface area contributed by atoms with Crippen LogP contribution in [0.1, 0.15) is 37.3 Å². The van der Waals surface area contributed by atoms with E-state index in [2.05, 4.69) is 22.2 Å². The number of rotatable bonds is 2. The third kappa shape index (κ3) is 3.63. The van der Waals surface area contributed by atoms with Crippen LogP contribution < -0.4 is 10.2 Å². The summed E-state index contributed by atoms with van der Waals surface area (Å²) in [5.74, 6) is 0.481. The summed E-state index contributed by atoms with van der Waals surface area (Å²) in [5, 5.41) is 7.17. The highest BCUT2D eigenvalue weighted by Crippen LogP contribution is 2.24. The Balaban J connectivity index is 1.82. The largest absolute Gasteiger partial charge is 0.352 e. The Morgan fingerprint density at radius 2 is 2.11 bits per heavy atom. The smallest absolute Gasteiger partial charge is 0.224 e. The molecule has 1 aromatic carbocycles. The Bertz CT molecular complexity index is 984. The van der Waals surface area contributed by atoms with Gasteiger partial charge in [-0.1, -0.05) is 13.0 Å². The minimum absolute atomic E-state index is 0.0644. The predicted molar refractivity (Wildman–Crippen MR) is 102 cm³/mol. The Morgan fingerprint density at radius 1 is 1.22 bits per heavy atom. The molecule has 27 heavy (non-hydrogen) atoms. The summed E-state index contributed by atoms with van der Waals surface area (Å²) in [4.78, 5) is 19.2. The van der Waals surface area contributed by atoms with E-state index in [0.717, 1.165) is 36.3 Å². The first-order chi connectivity index (χ1) is 13.1. The van der Waals surface area contributed by atoms with Gasteiger partial charge in [-0.25, -0.2) is 13.9 Å². The molecule has 3 heterocycles. The summed E-state index contributed by atoms with van der Waals surface area (Å²) in [6.07, 6.45) is 6.23. The SMILES string of the molecule is CCCN1Cc2cc(F)ccc2CCCC(=O)Nc2cnn3ccc1nc23. The first-order valence-corrected chi connectivity index (χ1v) is 9.30. The van der Waals surface area contributed by atoms with Gasteiger partial charge >= 0.3 is 0 Å². The van der Waals surface area contributed by atoms with Gasteiger partial charge in [-0.2, -0.15) is 5.10 Å². The zero-order valence-electron chi connectivity index (χ0n) is 15.3. The van der Waals surface area contributed by atoms with Crippen molar-refractivity contribution in [1.82, 2.24) is 14.6 Å². The predicted octanol–water partition coefficient (Wildman–Crippen LogP) is 3.56. The normalized spacial score (nSPS) is 15.0. The number of hydrogen-bond donors (Lipinski definition) is 1. The molecule has 140 valence electrons. The maximum absolute atomic E-state index is 13.9. The van der Waals surface area contributed by atoms with E-state index in [9.17, 15) is 9.18 Å². The number of carbonyl (C=O) groups is 1. The summed E-state index contributed by atoms with van der Waals surface area (Å²) in [7, 11) is 0. The Kier molecular flexibility index (Phi) is 4.75. The average molecular weight is 367 g/mol. The van der Waals surface area contributed by atoms with E-state index < -0.39 is 0 Å². The van der Waals surface area contributed by atoms with Crippen molar-refractivity contribution in [2.45, 2.75) is 39.2 Å². The van der Waals surface area contributed by atoms with Gasteiger partial charge in [0.05, 0.1) is 6.20 Å². The number of aromatic nitrogens is 3. The van der Waals surface area contributed by atoms with E-state index in [4.69, 9.17) is 4.98 Å². The molecular weight excluding hydrogens is 345 g/mol. The van der Waals surface area contributed by atoms with E-state index in [1.165, 1.54) is 6.07 Å². The summed E-state index contributed by atoms with van der Waals surface area (Å²) in [5.41, 5.74) is 3.24. The van der Waals surface area contributed by atoms with Gasteiger partial charge in [0.15, 0.2) is 5.65 Å². The van der Waals surface area contributed by atoms with Gasteiger partial charge in [-0.05, 0) is 48.6 Å². The minimum atomic E-state index is -0.242. The summed E-state index contributed by atoms with van der Waals surface area (Å²) in [6.45, 7) is 3.49. The second-order valence-corrected chi connectivity index (χ2v) is 6.85. The van der Waals surface area contributed by atoms with Gasteiger partial charge in [-0.3, -0.25) is 4.79 Å². The van der Waals surface area contributed by atoms with Crippen molar-refractivity contribution in [3.63, 3.8) is 0 Å². The zero-order valence-corrected chi connectivity index (χ0v) is 15.3. The fourth-order valence-corrected chi connectivity index (χ4v) is 3.51. The number of hydrogen-bond acceptors (Lipinski definition) is 4. The lowest BCUT2D eigenvalue weighted by Gasteiger charge is -2.24. The number of benzene rings is 1. The number of nitrogens with one attached hydrogen (secondary N) is 1. The molecule has 1 aliphatic rings. The van der Waals surface area contributed by atoms with Crippen LogP contribution in [0.5, 0.6) is 0 Å². The summed E-state index contributed by atoms with van der Waals surface area (Å²) in [6, 6.07) is 6.82. The molecule has 2 bridgehead atoms. The van der Waals surface area contributed by atoms with Crippen LogP contribution >= 0.6 is 0 Å². The molecule has 7 heteroatoms. The van der Waals surface area contributed by atoms with Crippen LogP contribution in [0.25, 0.3) is 5.65 Å². The standard InChI is InChI=1S/C20H22FN5O/c1-2-9-25-13-15-11-16(21)7-6-14(15)4-3-5-19(27)23-17-12-22-26-10-8-18(25)24-20(17)26/h6-8,10-12H,2-5,9,13H2,1H3,(H,23,27). The van der Waals surface area contributed by atoms with Crippen LogP contribution in [-0.2, 0) is 17.8 Å². The van der Waals surface area contributed by atoms with Gasteiger partial charge in [0.2, 0.25) is 5.91 Å². The van der Waals surface area contributed by atoms with Crippen molar-refractivity contribution in [3.05, 3.63) is 53.6 Å². The highest BCUT2D eigenvalue weighted by atomic mass is 19.1. The number of carbonyl (C=O) groups excluding carboxylic acids is 1. The summed E-state index contributed by atoms with van der Waals surface area (Å²) >= 11 is 0. The number of aryl methyl sites for hydroxylation is 1. The van der Waals surface area contributed by atoms with Crippen LogP contribution in [0.15, 0.2) is 36.7 Å². The minimum Gasteiger partial charge on any atom is -0.352 e. The number of anilines is 2. The topological polar surface area (TPSA) is 62.5 Å². The number of amides is 1. The molecule has 0 atom stereocenters. The molecule has 4 rings (SSSR count). The third-order valence-electron chi connectivity index (χ3n) is 4.83. The second-order valence-electron chi connectivity index (χ2n) is 6.85. The maximum atomic E-state index is 13.9. The first kappa shape index (κ1) is 17.5. The molecule has 3 aromatic rings. The van der Waals surface area contributed by atoms with Crippen LogP contribution in [-0.4, -0.2) is 27.0 Å². The molecule has 1 amide bonds. The van der Waals surface area contributed by atoms with Crippen molar-refractivity contribution in [3.8, 4) is 0 Å². The number of halogens is 1. The molecule has 0 spiro atoms. The Hall–Kier alpha value is -2.96. The van der Waals surface area contributed by atoms with Crippen LogP contribution in [0, 0.1) is 5.82 Å².